The van der Waals surface area contributed by atoms with Crippen molar-refractivity contribution in [1.29, 1.82) is 0 Å². The van der Waals surface area contributed by atoms with Crippen LogP contribution in [0.1, 0.15) is 31.2 Å². The molecule has 2 saturated carbocycles. The number of nitrogens with one attached hydrogen (secondary N) is 2. The highest BCUT2D eigenvalue weighted by molar-refractivity contribution is 7.90. The Morgan fingerprint density at radius 1 is 1.11 bits per heavy atom. The summed E-state index contributed by atoms with van der Waals surface area (Å²) >= 11 is 0. The minimum Gasteiger partial charge on any atom is -0.356 e. The smallest absolute Gasteiger partial charge is 0.191 e. The molecule has 0 saturated heterocycles. The molecule has 0 unspecified atom stereocenters. The summed E-state index contributed by atoms with van der Waals surface area (Å²) in [7, 11) is -1.34. The van der Waals surface area contributed by atoms with Crippen LogP contribution >= 0.6 is 0 Å². The van der Waals surface area contributed by atoms with Gasteiger partial charge < -0.3 is 10.6 Å². The van der Waals surface area contributed by atoms with E-state index in [1.54, 1.807) is 19.2 Å². The van der Waals surface area contributed by atoms with Crippen molar-refractivity contribution in [3.05, 3.63) is 29.8 Å². The molecule has 0 heterocycles. The van der Waals surface area contributed by atoms with E-state index in [4.69, 9.17) is 0 Å². The fourth-order valence-corrected chi connectivity index (χ4v) is 3.89. The molecule has 2 fully saturated rings. The summed E-state index contributed by atoms with van der Waals surface area (Å²) < 4.78 is 23.0. The fraction of sp³-hybridized carbons (Fsp3) is 0.650. The second-order valence-corrected chi connectivity index (χ2v) is 9.78. The number of benzene rings is 1. The Hall–Kier alpha value is -1.60. The number of aliphatic imine (C=N–C) groups is 1. The van der Waals surface area contributed by atoms with Gasteiger partial charge in [0.05, 0.1) is 4.90 Å². The second-order valence-electron chi connectivity index (χ2n) is 7.76. The monoisotopic (exact) mass is 392 g/mol. The first-order valence-electron chi connectivity index (χ1n) is 9.93. The molecule has 1 aromatic rings. The molecule has 1 aromatic carbocycles. The summed E-state index contributed by atoms with van der Waals surface area (Å²) in [6.07, 6.45) is 7.58. The summed E-state index contributed by atoms with van der Waals surface area (Å²) in [5.74, 6) is 1.77. The summed E-state index contributed by atoms with van der Waals surface area (Å²) in [6.45, 7) is 4.01. The first-order chi connectivity index (χ1) is 13.0. The largest absolute Gasteiger partial charge is 0.356 e. The number of nitrogens with zero attached hydrogens (tertiary/aromatic N) is 2. The molecule has 0 bridgehead atoms. The van der Waals surface area contributed by atoms with Gasteiger partial charge in [-0.05, 0) is 55.7 Å². The van der Waals surface area contributed by atoms with E-state index in [-0.39, 0.29) is 0 Å². The third-order valence-corrected chi connectivity index (χ3v) is 6.35. The first kappa shape index (κ1) is 20.1. The van der Waals surface area contributed by atoms with Gasteiger partial charge in [-0.1, -0.05) is 12.1 Å². The lowest BCUT2D eigenvalue weighted by Crippen LogP contribution is -2.43. The van der Waals surface area contributed by atoms with Gasteiger partial charge >= 0.3 is 0 Å². The average molecular weight is 393 g/mol. The molecule has 2 N–H and O–H groups in total. The van der Waals surface area contributed by atoms with E-state index < -0.39 is 9.84 Å². The van der Waals surface area contributed by atoms with Crippen LogP contribution in [0.2, 0.25) is 0 Å². The SMILES string of the molecule is CN=C(NCCc1ccc(S(C)(=O)=O)cc1)NCCN(CC1CC1)C1CC1. The van der Waals surface area contributed by atoms with Crippen molar-refractivity contribution in [3.8, 4) is 0 Å². The minimum absolute atomic E-state index is 0.364. The molecule has 150 valence electrons. The molecule has 2 aliphatic rings. The highest BCUT2D eigenvalue weighted by Gasteiger charge is 2.33. The third-order valence-electron chi connectivity index (χ3n) is 5.23. The third kappa shape index (κ3) is 6.81. The Labute approximate surface area is 163 Å². The van der Waals surface area contributed by atoms with Gasteiger partial charge in [-0.25, -0.2) is 8.42 Å². The Morgan fingerprint density at radius 3 is 2.33 bits per heavy atom. The molecule has 0 radical (unpaired) electrons. The number of sulfone groups is 1. The molecule has 2 aliphatic carbocycles. The lowest BCUT2D eigenvalue weighted by atomic mass is 10.1. The van der Waals surface area contributed by atoms with Crippen molar-refractivity contribution in [3.63, 3.8) is 0 Å². The molecule has 0 aromatic heterocycles. The number of hydrogen-bond donors (Lipinski definition) is 2. The minimum atomic E-state index is -3.13. The highest BCUT2D eigenvalue weighted by atomic mass is 32.2. The predicted octanol–water partition coefficient (Wildman–Crippen LogP) is 1.67. The van der Waals surface area contributed by atoms with Gasteiger partial charge in [0.2, 0.25) is 0 Å². The lowest BCUT2D eigenvalue weighted by molar-refractivity contribution is 0.256. The molecule has 0 atom stereocenters. The van der Waals surface area contributed by atoms with Gasteiger partial charge in [0, 0.05) is 45.5 Å². The molecular formula is C20H32N4O2S. The van der Waals surface area contributed by atoms with E-state index in [1.165, 1.54) is 38.5 Å². The van der Waals surface area contributed by atoms with Crippen LogP contribution in [0.4, 0.5) is 0 Å². The maximum atomic E-state index is 11.5. The van der Waals surface area contributed by atoms with E-state index in [2.05, 4.69) is 20.5 Å². The van der Waals surface area contributed by atoms with Gasteiger partial charge in [0.1, 0.15) is 0 Å². The van der Waals surface area contributed by atoms with Crippen LogP contribution in [0.3, 0.4) is 0 Å². The first-order valence-corrected chi connectivity index (χ1v) is 11.8. The molecule has 6 nitrogen and oxygen atoms in total. The molecule has 3 rings (SSSR count). The zero-order valence-electron chi connectivity index (χ0n) is 16.4. The van der Waals surface area contributed by atoms with Gasteiger partial charge in [-0.15, -0.1) is 0 Å². The van der Waals surface area contributed by atoms with E-state index >= 15 is 0 Å². The van der Waals surface area contributed by atoms with E-state index in [0.29, 0.717) is 4.90 Å². The Bertz CT molecular complexity index is 738. The fourth-order valence-electron chi connectivity index (χ4n) is 3.26. The van der Waals surface area contributed by atoms with Gasteiger partial charge in [-0.2, -0.15) is 0 Å². The van der Waals surface area contributed by atoms with Crippen LogP contribution in [-0.2, 0) is 16.3 Å². The lowest BCUT2D eigenvalue weighted by Gasteiger charge is -2.22. The molecule has 7 heteroatoms. The van der Waals surface area contributed by atoms with Crippen LogP contribution in [0.25, 0.3) is 0 Å². The van der Waals surface area contributed by atoms with Crippen molar-refractivity contribution in [2.45, 2.75) is 43.0 Å². The van der Waals surface area contributed by atoms with Crippen molar-refractivity contribution in [1.82, 2.24) is 15.5 Å². The predicted molar refractivity (Wildman–Crippen MR) is 110 cm³/mol. The van der Waals surface area contributed by atoms with Gasteiger partial charge in [0.25, 0.3) is 0 Å². The van der Waals surface area contributed by atoms with Crippen LogP contribution in [-0.4, -0.2) is 64.8 Å². The summed E-state index contributed by atoms with van der Waals surface area (Å²) in [6, 6.07) is 7.91. The Balaban J connectivity index is 1.36. The average Bonchev–Trinajstić information content (AvgIpc) is 3.53. The summed E-state index contributed by atoms with van der Waals surface area (Å²) in [4.78, 5) is 7.30. The van der Waals surface area contributed by atoms with Crippen LogP contribution in [0, 0.1) is 5.92 Å². The maximum Gasteiger partial charge on any atom is 0.191 e. The number of hydrogen-bond acceptors (Lipinski definition) is 4. The molecule has 0 aliphatic heterocycles. The quantitative estimate of drug-likeness (QED) is 0.468. The van der Waals surface area contributed by atoms with E-state index in [1.807, 2.05) is 12.1 Å². The van der Waals surface area contributed by atoms with E-state index in [0.717, 1.165) is 49.5 Å². The van der Waals surface area contributed by atoms with Gasteiger partial charge in [-0.3, -0.25) is 9.89 Å². The van der Waals surface area contributed by atoms with Crippen molar-refractivity contribution >= 4 is 15.8 Å². The standard InChI is InChI=1S/C20H32N4O2S/c1-21-20(23-13-14-24(18-7-8-18)15-17-3-4-17)22-12-11-16-5-9-19(10-6-16)27(2,25)26/h5-6,9-10,17-18H,3-4,7-8,11-15H2,1-2H3,(H2,21,22,23). The summed E-state index contributed by atoms with van der Waals surface area (Å²) in [5, 5.41) is 6.75. The van der Waals surface area contributed by atoms with Crippen LogP contribution in [0.5, 0.6) is 0 Å². The molecule has 0 spiro atoms. The van der Waals surface area contributed by atoms with E-state index in [9.17, 15) is 8.42 Å². The zero-order chi connectivity index (χ0) is 19.3. The van der Waals surface area contributed by atoms with Crippen LogP contribution in [0.15, 0.2) is 34.2 Å². The van der Waals surface area contributed by atoms with Gasteiger partial charge in [0.15, 0.2) is 15.8 Å². The highest BCUT2D eigenvalue weighted by Crippen LogP contribution is 2.34. The number of rotatable bonds is 10. The second kappa shape index (κ2) is 9.06. The molecular weight excluding hydrogens is 360 g/mol. The number of guanidine groups is 1. The molecule has 27 heavy (non-hydrogen) atoms. The van der Waals surface area contributed by atoms with Crippen molar-refractivity contribution in [2.24, 2.45) is 10.9 Å². The van der Waals surface area contributed by atoms with Crippen molar-refractivity contribution in [2.75, 3.05) is 39.5 Å². The zero-order valence-corrected chi connectivity index (χ0v) is 17.3. The van der Waals surface area contributed by atoms with Crippen LogP contribution < -0.4 is 10.6 Å². The Kier molecular flexibility index (Phi) is 6.76. The molecule has 0 amide bonds. The topological polar surface area (TPSA) is 73.8 Å². The summed E-state index contributed by atoms with van der Waals surface area (Å²) in [5.41, 5.74) is 1.11. The van der Waals surface area contributed by atoms with Crippen molar-refractivity contribution < 1.29 is 8.42 Å². The normalized spacial score (nSPS) is 18.0. The maximum absolute atomic E-state index is 11.5. The Morgan fingerprint density at radius 2 is 1.78 bits per heavy atom.